The molecule has 19 heavy (non-hydrogen) atoms. The molecule has 0 radical (unpaired) electrons. The van der Waals surface area contributed by atoms with Gasteiger partial charge in [-0.05, 0) is 26.3 Å². The predicted octanol–water partition coefficient (Wildman–Crippen LogP) is 2.66. The van der Waals surface area contributed by atoms with Gasteiger partial charge in [-0.15, -0.1) is 0 Å². The van der Waals surface area contributed by atoms with Gasteiger partial charge in [0.05, 0.1) is 11.6 Å². The van der Waals surface area contributed by atoms with Crippen LogP contribution >= 0.6 is 0 Å². The zero-order valence-corrected chi connectivity index (χ0v) is 11.5. The van der Waals surface area contributed by atoms with Crippen molar-refractivity contribution in [2.45, 2.75) is 45.2 Å². The number of carbonyl (C=O) groups is 1. The Hall–Kier alpha value is -1.49. The minimum absolute atomic E-state index is 0.238. The second-order valence-electron chi connectivity index (χ2n) is 5.03. The third-order valence-electron chi connectivity index (χ3n) is 3.06. The first kappa shape index (κ1) is 15.6. The molecule has 0 spiro atoms. The molecular weight excluding hydrogens is 250 g/mol. The highest BCUT2D eigenvalue weighted by Gasteiger charge is 2.28. The summed E-state index contributed by atoms with van der Waals surface area (Å²) in [6.07, 6.45) is 1.32. The highest BCUT2D eigenvalue weighted by atomic mass is 19.1. The molecule has 106 valence electrons. The molecule has 0 saturated carbocycles. The van der Waals surface area contributed by atoms with Gasteiger partial charge < -0.3 is 11.1 Å². The van der Waals surface area contributed by atoms with Crippen LogP contribution in [-0.2, 0) is 4.79 Å². The van der Waals surface area contributed by atoms with Gasteiger partial charge in [0.1, 0.15) is 11.6 Å². The van der Waals surface area contributed by atoms with Crippen LogP contribution in [0.3, 0.4) is 0 Å². The number of rotatable bonds is 5. The first-order valence-corrected chi connectivity index (χ1v) is 6.32. The molecule has 2 unspecified atom stereocenters. The molecule has 3 nitrogen and oxygen atoms in total. The number of nitrogens with one attached hydrogen (secondary N) is 1. The molecule has 0 fully saturated rings. The summed E-state index contributed by atoms with van der Waals surface area (Å²) < 4.78 is 26.4. The van der Waals surface area contributed by atoms with Gasteiger partial charge in [-0.25, -0.2) is 8.78 Å². The summed E-state index contributed by atoms with van der Waals surface area (Å²) in [5.41, 5.74) is 5.14. The second kappa shape index (κ2) is 6.10. The highest BCUT2D eigenvalue weighted by molar-refractivity contribution is 5.85. The molecule has 0 saturated heterocycles. The van der Waals surface area contributed by atoms with Crippen molar-refractivity contribution in [3.8, 4) is 0 Å². The van der Waals surface area contributed by atoms with Gasteiger partial charge in [0.2, 0.25) is 5.91 Å². The fourth-order valence-corrected chi connectivity index (χ4v) is 1.92. The van der Waals surface area contributed by atoms with E-state index in [0.717, 1.165) is 18.6 Å². The Morgan fingerprint density at radius 2 is 2.11 bits per heavy atom. The van der Waals surface area contributed by atoms with Crippen molar-refractivity contribution in [1.29, 1.82) is 0 Å². The lowest BCUT2D eigenvalue weighted by molar-refractivity contribution is -0.126. The van der Waals surface area contributed by atoms with E-state index in [0.29, 0.717) is 6.42 Å². The van der Waals surface area contributed by atoms with Crippen LogP contribution in [0.4, 0.5) is 8.78 Å². The topological polar surface area (TPSA) is 55.1 Å². The summed E-state index contributed by atoms with van der Waals surface area (Å²) in [7, 11) is 0. The number of hydrogen-bond acceptors (Lipinski definition) is 2. The third kappa shape index (κ3) is 3.99. The molecule has 0 aromatic heterocycles. The first-order chi connectivity index (χ1) is 8.77. The average molecular weight is 270 g/mol. The summed E-state index contributed by atoms with van der Waals surface area (Å²) in [5.74, 6) is -1.66. The smallest absolute Gasteiger partial charge is 0.240 e. The Labute approximate surface area is 112 Å². The fourth-order valence-electron chi connectivity index (χ4n) is 1.92. The van der Waals surface area contributed by atoms with Gasteiger partial charge in [-0.1, -0.05) is 19.4 Å². The van der Waals surface area contributed by atoms with E-state index in [9.17, 15) is 13.6 Å². The van der Waals surface area contributed by atoms with E-state index in [4.69, 9.17) is 5.73 Å². The third-order valence-corrected chi connectivity index (χ3v) is 3.06. The van der Waals surface area contributed by atoms with Gasteiger partial charge in [0.15, 0.2) is 0 Å². The maximum Gasteiger partial charge on any atom is 0.240 e. The Morgan fingerprint density at radius 1 is 1.47 bits per heavy atom. The molecule has 1 rings (SSSR count). The van der Waals surface area contributed by atoms with E-state index in [1.165, 1.54) is 6.07 Å². The number of halogens is 2. The van der Waals surface area contributed by atoms with Crippen molar-refractivity contribution in [2.75, 3.05) is 0 Å². The van der Waals surface area contributed by atoms with Gasteiger partial charge in [-0.3, -0.25) is 4.79 Å². The van der Waals surface area contributed by atoms with Crippen molar-refractivity contribution in [1.82, 2.24) is 5.32 Å². The van der Waals surface area contributed by atoms with Crippen LogP contribution in [0.5, 0.6) is 0 Å². The SMILES string of the molecule is CCCC(C)(N)C(=O)NC(C)c1ccc(F)cc1F. The molecule has 0 aliphatic rings. The van der Waals surface area contributed by atoms with E-state index >= 15 is 0 Å². The summed E-state index contributed by atoms with van der Waals surface area (Å²) in [6, 6.07) is 2.72. The van der Waals surface area contributed by atoms with Gasteiger partial charge in [0, 0.05) is 11.6 Å². The molecule has 0 aliphatic heterocycles. The van der Waals surface area contributed by atoms with Crippen molar-refractivity contribution < 1.29 is 13.6 Å². The Balaban J connectivity index is 2.79. The van der Waals surface area contributed by atoms with Crippen molar-refractivity contribution in [3.63, 3.8) is 0 Å². The number of amides is 1. The van der Waals surface area contributed by atoms with E-state index in [1.807, 2.05) is 6.92 Å². The fraction of sp³-hybridized carbons (Fsp3) is 0.500. The molecule has 3 N–H and O–H groups in total. The lowest BCUT2D eigenvalue weighted by atomic mass is 9.95. The monoisotopic (exact) mass is 270 g/mol. The number of hydrogen-bond donors (Lipinski definition) is 2. The first-order valence-electron chi connectivity index (χ1n) is 6.32. The van der Waals surface area contributed by atoms with Crippen molar-refractivity contribution >= 4 is 5.91 Å². The van der Waals surface area contributed by atoms with Crippen LogP contribution < -0.4 is 11.1 Å². The van der Waals surface area contributed by atoms with Gasteiger partial charge in [0.25, 0.3) is 0 Å². The molecule has 1 aromatic carbocycles. The van der Waals surface area contributed by atoms with E-state index < -0.39 is 23.2 Å². The summed E-state index contributed by atoms with van der Waals surface area (Å²) in [5, 5.41) is 2.66. The maximum absolute atomic E-state index is 13.6. The van der Waals surface area contributed by atoms with Crippen LogP contribution in [0.2, 0.25) is 0 Å². The summed E-state index contributed by atoms with van der Waals surface area (Å²) >= 11 is 0. The standard InChI is InChI=1S/C14H20F2N2O/c1-4-7-14(3,17)13(19)18-9(2)11-6-5-10(15)8-12(11)16/h5-6,8-9H,4,7,17H2,1-3H3,(H,18,19). The second-order valence-corrected chi connectivity index (χ2v) is 5.03. The normalized spacial score (nSPS) is 15.7. The maximum atomic E-state index is 13.6. The van der Waals surface area contributed by atoms with E-state index in [-0.39, 0.29) is 11.5 Å². The summed E-state index contributed by atoms with van der Waals surface area (Å²) in [4.78, 5) is 12.0. The molecule has 5 heteroatoms. The Bertz CT molecular complexity index is 461. The number of nitrogens with two attached hydrogens (primary N) is 1. The minimum atomic E-state index is -0.987. The quantitative estimate of drug-likeness (QED) is 0.864. The van der Waals surface area contributed by atoms with Crippen LogP contribution in [-0.4, -0.2) is 11.4 Å². The minimum Gasteiger partial charge on any atom is -0.348 e. The molecule has 0 bridgehead atoms. The zero-order chi connectivity index (χ0) is 14.6. The summed E-state index contributed by atoms with van der Waals surface area (Å²) in [6.45, 7) is 5.21. The lowest BCUT2D eigenvalue weighted by Gasteiger charge is -2.25. The predicted molar refractivity (Wildman–Crippen MR) is 70.4 cm³/mol. The van der Waals surface area contributed by atoms with Crippen LogP contribution in [0.1, 0.15) is 45.2 Å². The van der Waals surface area contributed by atoms with Crippen molar-refractivity contribution in [2.24, 2.45) is 5.73 Å². The van der Waals surface area contributed by atoms with Gasteiger partial charge >= 0.3 is 0 Å². The molecule has 1 amide bonds. The van der Waals surface area contributed by atoms with Crippen molar-refractivity contribution in [3.05, 3.63) is 35.4 Å². The molecular formula is C14H20F2N2O. The molecule has 0 heterocycles. The molecule has 2 atom stereocenters. The zero-order valence-electron chi connectivity index (χ0n) is 11.5. The molecule has 0 aliphatic carbocycles. The average Bonchev–Trinajstić information content (AvgIpc) is 2.28. The largest absolute Gasteiger partial charge is 0.348 e. The van der Waals surface area contributed by atoms with E-state index in [2.05, 4.69) is 5.32 Å². The van der Waals surface area contributed by atoms with Gasteiger partial charge in [-0.2, -0.15) is 0 Å². The van der Waals surface area contributed by atoms with E-state index in [1.54, 1.807) is 13.8 Å². The number of carbonyl (C=O) groups excluding carboxylic acids is 1. The van der Waals surface area contributed by atoms with Crippen LogP contribution in [0.25, 0.3) is 0 Å². The number of benzene rings is 1. The Kier molecular flexibility index (Phi) is 5.00. The highest BCUT2D eigenvalue weighted by Crippen LogP contribution is 2.19. The lowest BCUT2D eigenvalue weighted by Crippen LogP contribution is -2.52. The Morgan fingerprint density at radius 3 is 2.63 bits per heavy atom. The van der Waals surface area contributed by atoms with Crippen LogP contribution in [0, 0.1) is 11.6 Å². The molecule has 1 aromatic rings. The van der Waals surface area contributed by atoms with Crippen LogP contribution in [0.15, 0.2) is 18.2 Å².